The lowest BCUT2D eigenvalue weighted by atomic mass is 10.3. The van der Waals surface area contributed by atoms with Crippen molar-refractivity contribution in [2.75, 3.05) is 5.32 Å². The highest BCUT2D eigenvalue weighted by Gasteiger charge is 2.11. The first kappa shape index (κ1) is 11.3. The van der Waals surface area contributed by atoms with E-state index in [4.69, 9.17) is 0 Å². The van der Waals surface area contributed by atoms with Gasteiger partial charge >= 0.3 is 0 Å². The second-order valence-corrected chi connectivity index (χ2v) is 3.46. The molecule has 0 fully saturated rings. The Labute approximate surface area is 95.7 Å². The smallest absolute Gasteiger partial charge is 0.273 e. The minimum absolute atomic E-state index is 0.186. The Morgan fingerprint density at radius 3 is 2.82 bits per heavy atom. The molecule has 0 aliphatic heterocycles. The van der Waals surface area contributed by atoms with Gasteiger partial charge in [0.1, 0.15) is 23.2 Å². The highest BCUT2D eigenvalue weighted by Crippen LogP contribution is 2.16. The summed E-state index contributed by atoms with van der Waals surface area (Å²) in [4.78, 5) is 18.1. The topological polar surface area (TPSA) is 57.8 Å². The normalized spacial score (nSPS) is 10.3. The molecule has 88 valence electrons. The van der Waals surface area contributed by atoms with Crippen molar-refractivity contribution >= 4 is 11.6 Å². The van der Waals surface area contributed by atoms with Crippen LogP contribution in [0, 0.1) is 18.6 Å². The molecule has 0 atom stereocenters. The van der Waals surface area contributed by atoms with E-state index in [0.717, 1.165) is 18.2 Å². The third kappa shape index (κ3) is 2.47. The van der Waals surface area contributed by atoms with Gasteiger partial charge in [-0.05, 0) is 19.1 Å². The van der Waals surface area contributed by atoms with Crippen LogP contribution in [0.15, 0.2) is 24.4 Å². The molecule has 2 N–H and O–H groups in total. The minimum atomic E-state index is -0.698. The molecule has 6 heteroatoms. The molecule has 0 saturated carbocycles. The van der Waals surface area contributed by atoms with Crippen LogP contribution in [-0.4, -0.2) is 15.9 Å². The van der Waals surface area contributed by atoms with Crippen molar-refractivity contribution in [3.05, 3.63) is 47.5 Å². The van der Waals surface area contributed by atoms with Crippen molar-refractivity contribution in [3.8, 4) is 0 Å². The van der Waals surface area contributed by atoms with Gasteiger partial charge in [-0.3, -0.25) is 4.79 Å². The van der Waals surface area contributed by atoms with Gasteiger partial charge < -0.3 is 10.3 Å². The number of carbonyl (C=O) groups excluding carboxylic acids is 1. The summed E-state index contributed by atoms with van der Waals surface area (Å²) in [6, 6.07) is 2.84. The molecule has 1 heterocycles. The number of nitrogens with zero attached hydrogens (tertiary/aromatic N) is 1. The van der Waals surface area contributed by atoms with Gasteiger partial charge in [-0.15, -0.1) is 0 Å². The average molecular weight is 237 g/mol. The molecular formula is C11H9F2N3O. The van der Waals surface area contributed by atoms with Gasteiger partial charge in [0.2, 0.25) is 0 Å². The monoisotopic (exact) mass is 237 g/mol. The van der Waals surface area contributed by atoms with Crippen LogP contribution in [0.2, 0.25) is 0 Å². The third-order valence-corrected chi connectivity index (χ3v) is 2.12. The van der Waals surface area contributed by atoms with Crippen LogP contribution < -0.4 is 5.32 Å². The van der Waals surface area contributed by atoms with Crippen molar-refractivity contribution in [1.29, 1.82) is 0 Å². The first-order valence-corrected chi connectivity index (χ1v) is 4.84. The molecule has 2 aromatic rings. The summed E-state index contributed by atoms with van der Waals surface area (Å²) in [6.07, 6.45) is 1.32. The van der Waals surface area contributed by atoms with E-state index in [-0.39, 0.29) is 11.4 Å². The Morgan fingerprint density at radius 2 is 2.18 bits per heavy atom. The number of imidazole rings is 1. The summed E-state index contributed by atoms with van der Waals surface area (Å²) < 4.78 is 26.1. The Morgan fingerprint density at radius 1 is 1.41 bits per heavy atom. The lowest BCUT2D eigenvalue weighted by Crippen LogP contribution is -2.13. The zero-order chi connectivity index (χ0) is 12.4. The van der Waals surface area contributed by atoms with E-state index in [1.807, 2.05) is 0 Å². The fraction of sp³-hybridized carbons (Fsp3) is 0.0909. The van der Waals surface area contributed by atoms with Gasteiger partial charge in [-0.25, -0.2) is 13.8 Å². The number of nitrogens with one attached hydrogen (secondary N) is 2. The number of aryl methyl sites for hydroxylation is 1. The standard InChI is InChI=1S/C11H9F2N3O/c1-6-14-5-10(15-6)11(17)16-9-4-7(12)2-3-8(9)13/h2-5H,1H3,(H,14,15)(H,16,17). The molecule has 17 heavy (non-hydrogen) atoms. The Bertz CT molecular complexity index is 566. The number of anilines is 1. The van der Waals surface area contributed by atoms with Crippen LogP contribution in [0.1, 0.15) is 16.3 Å². The lowest BCUT2D eigenvalue weighted by molar-refractivity contribution is 0.102. The molecule has 1 amide bonds. The van der Waals surface area contributed by atoms with E-state index in [2.05, 4.69) is 15.3 Å². The van der Waals surface area contributed by atoms with Crippen molar-refractivity contribution in [2.45, 2.75) is 6.92 Å². The maximum Gasteiger partial charge on any atom is 0.273 e. The van der Waals surface area contributed by atoms with Crippen LogP contribution in [0.4, 0.5) is 14.5 Å². The quantitative estimate of drug-likeness (QED) is 0.841. The van der Waals surface area contributed by atoms with Crippen molar-refractivity contribution in [1.82, 2.24) is 9.97 Å². The van der Waals surface area contributed by atoms with Crippen LogP contribution >= 0.6 is 0 Å². The van der Waals surface area contributed by atoms with Crippen molar-refractivity contribution in [2.24, 2.45) is 0 Å². The maximum atomic E-state index is 13.2. The summed E-state index contributed by atoms with van der Waals surface area (Å²) in [5.41, 5.74) is -0.0200. The molecule has 0 bridgehead atoms. The number of amides is 1. The minimum Gasteiger partial charge on any atom is -0.338 e. The van der Waals surface area contributed by atoms with Gasteiger partial charge in [0.15, 0.2) is 0 Å². The van der Waals surface area contributed by atoms with E-state index in [1.165, 1.54) is 6.20 Å². The number of rotatable bonds is 2. The molecule has 0 aliphatic rings. The van der Waals surface area contributed by atoms with Crippen molar-refractivity contribution < 1.29 is 13.6 Å². The molecule has 0 spiro atoms. The predicted molar refractivity (Wildman–Crippen MR) is 57.6 cm³/mol. The van der Waals surface area contributed by atoms with Crippen molar-refractivity contribution in [3.63, 3.8) is 0 Å². The fourth-order valence-corrected chi connectivity index (χ4v) is 1.32. The summed E-state index contributed by atoms with van der Waals surface area (Å²) in [7, 11) is 0. The summed E-state index contributed by atoms with van der Waals surface area (Å²) in [5.74, 6) is -1.33. The molecular weight excluding hydrogens is 228 g/mol. The zero-order valence-electron chi connectivity index (χ0n) is 8.92. The SMILES string of the molecule is Cc1ncc(C(=O)Nc2cc(F)ccc2F)[nH]1. The molecule has 0 aliphatic carbocycles. The predicted octanol–water partition coefficient (Wildman–Crippen LogP) is 2.25. The molecule has 2 rings (SSSR count). The third-order valence-electron chi connectivity index (χ3n) is 2.12. The van der Waals surface area contributed by atoms with Gasteiger partial charge in [0.05, 0.1) is 11.9 Å². The van der Waals surface area contributed by atoms with E-state index in [1.54, 1.807) is 6.92 Å². The number of aromatic amines is 1. The largest absolute Gasteiger partial charge is 0.338 e. The van der Waals surface area contributed by atoms with E-state index in [9.17, 15) is 13.6 Å². The van der Waals surface area contributed by atoms with Gasteiger partial charge in [0, 0.05) is 6.07 Å². The average Bonchev–Trinajstić information content (AvgIpc) is 2.70. The van der Waals surface area contributed by atoms with Gasteiger partial charge in [0.25, 0.3) is 5.91 Å². The van der Waals surface area contributed by atoms with Gasteiger partial charge in [-0.1, -0.05) is 0 Å². The Kier molecular flexibility index (Phi) is 2.86. The van der Waals surface area contributed by atoms with Crippen LogP contribution in [-0.2, 0) is 0 Å². The van der Waals surface area contributed by atoms with E-state index in [0.29, 0.717) is 5.82 Å². The summed E-state index contributed by atoms with van der Waals surface area (Å²) in [6.45, 7) is 1.68. The van der Waals surface area contributed by atoms with E-state index < -0.39 is 17.5 Å². The number of benzene rings is 1. The fourth-order valence-electron chi connectivity index (χ4n) is 1.32. The molecule has 1 aromatic carbocycles. The highest BCUT2D eigenvalue weighted by atomic mass is 19.1. The number of halogens is 2. The molecule has 1 aromatic heterocycles. The number of hydrogen-bond donors (Lipinski definition) is 2. The maximum absolute atomic E-state index is 13.2. The number of aromatic nitrogens is 2. The highest BCUT2D eigenvalue weighted by molar-refractivity contribution is 6.02. The second kappa shape index (κ2) is 4.32. The van der Waals surface area contributed by atoms with Crippen LogP contribution in [0.3, 0.4) is 0 Å². The lowest BCUT2D eigenvalue weighted by Gasteiger charge is -2.04. The number of H-pyrrole nitrogens is 1. The van der Waals surface area contributed by atoms with Crippen LogP contribution in [0.5, 0.6) is 0 Å². The van der Waals surface area contributed by atoms with Crippen LogP contribution in [0.25, 0.3) is 0 Å². The summed E-state index contributed by atoms with van der Waals surface area (Å²) in [5, 5.41) is 2.26. The molecule has 4 nitrogen and oxygen atoms in total. The first-order chi connectivity index (χ1) is 8.06. The second-order valence-electron chi connectivity index (χ2n) is 3.46. The Balaban J connectivity index is 2.21. The molecule has 0 unspecified atom stereocenters. The molecule has 0 radical (unpaired) electrons. The van der Waals surface area contributed by atoms with Gasteiger partial charge in [-0.2, -0.15) is 0 Å². The number of carbonyl (C=O) groups is 1. The van der Waals surface area contributed by atoms with E-state index >= 15 is 0 Å². The summed E-state index contributed by atoms with van der Waals surface area (Å²) >= 11 is 0. The first-order valence-electron chi connectivity index (χ1n) is 4.84. The Hall–Kier alpha value is -2.24. The number of hydrogen-bond acceptors (Lipinski definition) is 2. The molecule has 0 saturated heterocycles. The zero-order valence-corrected chi connectivity index (χ0v) is 8.92.